The molecule has 0 bridgehead atoms. The van der Waals surface area contributed by atoms with Gasteiger partial charge in [0.15, 0.2) is 0 Å². The molecule has 1 amide bonds. The van der Waals surface area contributed by atoms with Gasteiger partial charge in [0.25, 0.3) is 0 Å². The number of carbonyl (C=O) groups is 1. The first kappa shape index (κ1) is 14.5. The van der Waals surface area contributed by atoms with Crippen molar-refractivity contribution in [2.45, 2.75) is 50.5 Å². The van der Waals surface area contributed by atoms with Crippen molar-refractivity contribution in [3.8, 4) is 0 Å². The highest BCUT2D eigenvalue weighted by molar-refractivity contribution is 5.81. The van der Waals surface area contributed by atoms with Gasteiger partial charge in [0.05, 0.1) is 0 Å². The van der Waals surface area contributed by atoms with Gasteiger partial charge in [-0.05, 0) is 25.3 Å². The van der Waals surface area contributed by atoms with Gasteiger partial charge in [-0.2, -0.15) is 9.59 Å². The lowest BCUT2D eigenvalue weighted by Gasteiger charge is -2.31. The summed E-state index contributed by atoms with van der Waals surface area (Å²) in [6, 6.07) is 8.70. The number of carbonyl (C=O) groups excluding carboxylic acids is 3. The molecule has 1 unspecified atom stereocenters. The van der Waals surface area contributed by atoms with Gasteiger partial charge < -0.3 is 5.32 Å². The molecule has 1 aliphatic carbocycles. The van der Waals surface area contributed by atoms with E-state index in [9.17, 15) is 4.79 Å². The second-order valence-corrected chi connectivity index (χ2v) is 5.66. The second kappa shape index (κ2) is 6.02. The summed E-state index contributed by atoms with van der Waals surface area (Å²) in [4.78, 5) is 28.0. The van der Waals surface area contributed by atoms with Crippen LogP contribution in [0, 0.1) is 6.92 Å². The lowest BCUT2D eigenvalue weighted by atomic mass is 9.79. The normalized spacial score (nSPS) is 22.9. The Bertz CT molecular complexity index is 509. The number of hydrogen-bond acceptors (Lipinski definition) is 3. The van der Waals surface area contributed by atoms with Crippen LogP contribution in [0.2, 0.25) is 0 Å². The summed E-state index contributed by atoms with van der Waals surface area (Å²) in [6.45, 7) is 2.10. The molecule has 1 heterocycles. The topological polar surface area (TPSA) is 63.2 Å². The largest absolute Gasteiger partial charge is 0.373 e. The Balaban J connectivity index is 0.000000452. The van der Waals surface area contributed by atoms with Crippen LogP contribution in [0.4, 0.5) is 0 Å². The van der Waals surface area contributed by atoms with E-state index in [2.05, 4.69) is 36.5 Å². The van der Waals surface area contributed by atoms with Crippen LogP contribution in [-0.2, 0) is 14.4 Å². The third-order valence-corrected chi connectivity index (χ3v) is 4.42. The lowest BCUT2D eigenvalue weighted by molar-refractivity contribution is -0.191. The van der Waals surface area contributed by atoms with Gasteiger partial charge in [0, 0.05) is 17.9 Å². The zero-order chi connectivity index (χ0) is 14.6. The predicted molar refractivity (Wildman–Crippen MR) is 72.9 cm³/mol. The van der Waals surface area contributed by atoms with Gasteiger partial charge in [0.1, 0.15) is 0 Å². The average molecular weight is 273 g/mol. The SMILES string of the molecule is Cc1ccc(C2CC(=O)NC23CCCC3)cc1.O=C=O. The molecule has 106 valence electrons. The van der Waals surface area contributed by atoms with Crippen LogP contribution >= 0.6 is 0 Å². The summed E-state index contributed by atoms with van der Waals surface area (Å²) in [7, 11) is 0. The van der Waals surface area contributed by atoms with Gasteiger partial charge in [-0.15, -0.1) is 0 Å². The molecular weight excluding hydrogens is 254 g/mol. The van der Waals surface area contributed by atoms with Crippen molar-refractivity contribution in [1.82, 2.24) is 5.32 Å². The minimum atomic E-state index is 0.0757. The van der Waals surface area contributed by atoms with E-state index in [0.717, 1.165) is 12.8 Å². The highest BCUT2D eigenvalue weighted by Crippen LogP contribution is 2.46. The maximum atomic E-state index is 11.7. The Morgan fingerprint density at radius 1 is 1.15 bits per heavy atom. The number of rotatable bonds is 1. The van der Waals surface area contributed by atoms with Crippen LogP contribution < -0.4 is 5.32 Å². The molecule has 1 aromatic rings. The molecule has 1 N–H and O–H groups in total. The average Bonchev–Trinajstić information content (AvgIpc) is 3.00. The van der Waals surface area contributed by atoms with Crippen molar-refractivity contribution in [1.29, 1.82) is 0 Å². The van der Waals surface area contributed by atoms with Crippen LogP contribution in [-0.4, -0.2) is 17.6 Å². The molecule has 20 heavy (non-hydrogen) atoms. The monoisotopic (exact) mass is 273 g/mol. The summed E-state index contributed by atoms with van der Waals surface area (Å²) in [5.74, 6) is 0.621. The molecule has 0 radical (unpaired) electrons. The number of amides is 1. The summed E-state index contributed by atoms with van der Waals surface area (Å²) < 4.78 is 0. The van der Waals surface area contributed by atoms with Crippen LogP contribution in [0.25, 0.3) is 0 Å². The quantitative estimate of drug-likeness (QED) is 0.854. The van der Waals surface area contributed by atoms with Crippen molar-refractivity contribution in [2.75, 3.05) is 0 Å². The van der Waals surface area contributed by atoms with E-state index >= 15 is 0 Å². The molecule has 0 aromatic heterocycles. The van der Waals surface area contributed by atoms with E-state index in [0.29, 0.717) is 12.3 Å². The second-order valence-electron chi connectivity index (χ2n) is 5.66. The molecule has 1 aliphatic heterocycles. The van der Waals surface area contributed by atoms with E-state index < -0.39 is 0 Å². The van der Waals surface area contributed by atoms with Crippen molar-refractivity contribution in [3.63, 3.8) is 0 Å². The number of hydrogen-bond donors (Lipinski definition) is 1. The van der Waals surface area contributed by atoms with Crippen molar-refractivity contribution >= 4 is 12.1 Å². The molecule has 1 aromatic carbocycles. The van der Waals surface area contributed by atoms with Gasteiger partial charge in [-0.3, -0.25) is 4.79 Å². The number of aryl methyl sites for hydroxylation is 1. The Labute approximate surface area is 118 Å². The summed E-state index contributed by atoms with van der Waals surface area (Å²) in [5, 5.41) is 3.25. The van der Waals surface area contributed by atoms with E-state index in [4.69, 9.17) is 9.59 Å². The Morgan fingerprint density at radius 2 is 1.70 bits per heavy atom. The minimum absolute atomic E-state index is 0.0757. The molecule has 2 aliphatic rings. The maximum absolute atomic E-state index is 11.7. The van der Waals surface area contributed by atoms with Gasteiger partial charge in [0.2, 0.25) is 5.91 Å². The smallest absolute Gasteiger partial charge is 0.350 e. The Hall–Kier alpha value is -1.93. The van der Waals surface area contributed by atoms with E-state index in [-0.39, 0.29) is 17.6 Å². The Kier molecular flexibility index (Phi) is 4.35. The summed E-state index contributed by atoms with van der Waals surface area (Å²) >= 11 is 0. The fraction of sp³-hybridized carbons (Fsp3) is 0.500. The molecular formula is C16H19NO3. The fourth-order valence-electron chi connectivity index (χ4n) is 3.51. The molecule has 1 atom stereocenters. The van der Waals surface area contributed by atoms with E-state index in [1.165, 1.54) is 24.0 Å². The maximum Gasteiger partial charge on any atom is 0.373 e. The van der Waals surface area contributed by atoms with Crippen LogP contribution in [0.3, 0.4) is 0 Å². The standard InChI is InChI=1S/C15H19NO.CO2/c1-11-4-6-12(7-5-11)13-10-14(17)16-15(13)8-2-3-9-15;2-1-3/h4-7,13H,2-3,8-10H2,1H3,(H,16,17);. The van der Waals surface area contributed by atoms with Crippen molar-refractivity contribution in [2.24, 2.45) is 0 Å². The molecule has 1 saturated carbocycles. The highest BCUT2D eigenvalue weighted by Gasteiger charge is 2.48. The van der Waals surface area contributed by atoms with Crippen LogP contribution in [0.5, 0.6) is 0 Å². The number of benzene rings is 1. The highest BCUT2D eigenvalue weighted by atomic mass is 16.2. The fourth-order valence-corrected chi connectivity index (χ4v) is 3.51. The Morgan fingerprint density at radius 3 is 2.25 bits per heavy atom. The van der Waals surface area contributed by atoms with Crippen LogP contribution in [0.1, 0.15) is 49.1 Å². The van der Waals surface area contributed by atoms with Crippen molar-refractivity contribution < 1.29 is 14.4 Å². The van der Waals surface area contributed by atoms with Gasteiger partial charge >= 0.3 is 6.15 Å². The van der Waals surface area contributed by atoms with Gasteiger partial charge in [-0.1, -0.05) is 42.7 Å². The van der Waals surface area contributed by atoms with Crippen molar-refractivity contribution in [3.05, 3.63) is 35.4 Å². The van der Waals surface area contributed by atoms with E-state index in [1.807, 2.05) is 0 Å². The molecule has 4 heteroatoms. The third kappa shape index (κ3) is 2.81. The minimum Gasteiger partial charge on any atom is -0.350 e. The summed E-state index contributed by atoms with van der Waals surface area (Å²) in [6.07, 6.45) is 5.73. The first-order valence-corrected chi connectivity index (χ1v) is 6.98. The predicted octanol–water partition coefficient (Wildman–Crippen LogP) is 2.33. The van der Waals surface area contributed by atoms with E-state index in [1.54, 1.807) is 0 Å². The lowest BCUT2D eigenvalue weighted by Crippen LogP contribution is -2.42. The van der Waals surface area contributed by atoms with Crippen LogP contribution in [0.15, 0.2) is 24.3 Å². The molecule has 4 nitrogen and oxygen atoms in total. The zero-order valence-electron chi connectivity index (χ0n) is 11.6. The first-order valence-electron chi connectivity index (χ1n) is 6.98. The molecule has 1 spiro atoms. The molecule has 1 saturated heterocycles. The van der Waals surface area contributed by atoms with Gasteiger partial charge in [-0.25, -0.2) is 0 Å². The number of nitrogens with one attached hydrogen (secondary N) is 1. The third-order valence-electron chi connectivity index (χ3n) is 4.42. The molecule has 3 rings (SSSR count). The zero-order valence-corrected chi connectivity index (χ0v) is 11.6. The first-order chi connectivity index (χ1) is 9.61. The summed E-state index contributed by atoms with van der Waals surface area (Å²) in [5.41, 5.74) is 2.69. The molecule has 2 fully saturated rings.